The Labute approximate surface area is 153 Å². The van der Waals surface area contributed by atoms with Gasteiger partial charge in [0.25, 0.3) is 0 Å². The molecule has 0 aliphatic heterocycles. The number of halogens is 1. The van der Waals surface area contributed by atoms with E-state index in [-0.39, 0.29) is 0 Å². The third-order valence-corrected chi connectivity index (χ3v) is 4.47. The van der Waals surface area contributed by atoms with Crippen molar-refractivity contribution in [3.8, 4) is 5.69 Å². The first kappa shape index (κ1) is 17.5. The molecule has 25 heavy (non-hydrogen) atoms. The standard InChI is InChI=1S/C20H22ClN3O/c1-15(25)13-23(17-9-5-3-6-10-17)14-19-16(2)22-24(20(19)21)18-11-7-4-8-12-18/h3-12,15,25H,13-14H2,1-2H3/t15-/m1/s1. The second kappa shape index (κ2) is 7.72. The van der Waals surface area contributed by atoms with E-state index in [2.05, 4.69) is 10.00 Å². The van der Waals surface area contributed by atoms with Crippen LogP contribution in [-0.2, 0) is 6.54 Å². The summed E-state index contributed by atoms with van der Waals surface area (Å²) in [6.45, 7) is 4.87. The van der Waals surface area contributed by atoms with Crippen molar-refractivity contribution in [2.45, 2.75) is 26.5 Å². The minimum Gasteiger partial charge on any atom is -0.392 e. The minimum absolute atomic E-state index is 0.441. The van der Waals surface area contributed by atoms with Gasteiger partial charge in [0.05, 0.1) is 17.5 Å². The molecule has 5 heteroatoms. The van der Waals surface area contributed by atoms with Crippen molar-refractivity contribution >= 4 is 17.3 Å². The Kier molecular flexibility index (Phi) is 5.41. The Morgan fingerprint density at radius 3 is 2.28 bits per heavy atom. The summed E-state index contributed by atoms with van der Waals surface area (Å²) in [5.41, 5.74) is 3.84. The van der Waals surface area contributed by atoms with Gasteiger partial charge in [0.1, 0.15) is 5.15 Å². The highest BCUT2D eigenvalue weighted by molar-refractivity contribution is 6.30. The third kappa shape index (κ3) is 4.03. The summed E-state index contributed by atoms with van der Waals surface area (Å²) < 4.78 is 1.76. The van der Waals surface area contributed by atoms with Crippen LogP contribution in [0, 0.1) is 6.92 Å². The van der Waals surface area contributed by atoms with Crippen molar-refractivity contribution < 1.29 is 5.11 Å². The maximum absolute atomic E-state index is 9.89. The van der Waals surface area contributed by atoms with Crippen LogP contribution in [0.15, 0.2) is 60.7 Å². The highest BCUT2D eigenvalue weighted by Crippen LogP contribution is 2.27. The first-order valence-corrected chi connectivity index (χ1v) is 8.71. The molecule has 0 aliphatic carbocycles. The largest absolute Gasteiger partial charge is 0.392 e. The summed E-state index contributed by atoms with van der Waals surface area (Å²) in [5, 5.41) is 15.1. The minimum atomic E-state index is -0.441. The summed E-state index contributed by atoms with van der Waals surface area (Å²) in [5.74, 6) is 0. The van der Waals surface area contributed by atoms with Gasteiger partial charge in [-0.05, 0) is 38.1 Å². The van der Waals surface area contributed by atoms with Crippen molar-refractivity contribution in [3.63, 3.8) is 0 Å². The number of hydrogen-bond donors (Lipinski definition) is 1. The van der Waals surface area contributed by atoms with E-state index < -0.39 is 6.10 Å². The number of aliphatic hydroxyl groups excluding tert-OH is 1. The molecule has 3 aromatic rings. The topological polar surface area (TPSA) is 41.3 Å². The van der Waals surface area contributed by atoms with Gasteiger partial charge < -0.3 is 10.0 Å². The van der Waals surface area contributed by atoms with Crippen LogP contribution in [0.25, 0.3) is 5.69 Å². The number of para-hydroxylation sites is 2. The molecule has 0 spiro atoms. The number of nitrogens with zero attached hydrogens (tertiary/aromatic N) is 3. The first-order valence-electron chi connectivity index (χ1n) is 8.33. The lowest BCUT2D eigenvalue weighted by molar-refractivity contribution is 0.199. The van der Waals surface area contributed by atoms with Crippen LogP contribution in [-0.4, -0.2) is 27.5 Å². The monoisotopic (exact) mass is 355 g/mol. The normalized spacial score (nSPS) is 12.2. The van der Waals surface area contributed by atoms with Gasteiger partial charge in [-0.3, -0.25) is 0 Å². The zero-order valence-corrected chi connectivity index (χ0v) is 15.2. The van der Waals surface area contributed by atoms with E-state index >= 15 is 0 Å². The molecule has 1 heterocycles. The maximum atomic E-state index is 9.89. The molecular formula is C20H22ClN3O. The van der Waals surface area contributed by atoms with E-state index in [1.807, 2.05) is 67.6 Å². The van der Waals surface area contributed by atoms with Crippen molar-refractivity contribution in [3.05, 3.63) is 77.1 Å². The van der Waals surface area contributed by atoms with E-state index in [1.54, 1.807) is 11.6 Å². The van der Waals surface area contributed by atoms with E-state index in [1.165, 1.54) is 0 Å². The van der Waals surface area contributed by atoms with Crippen LogP contribution < -0.4 is 4.90 Å². The zero-order valence-electron chi connectivity index (χ0n) is 14.4. The molecule has 0 saturated carbocycles. The molecule has 1 atom stereocenters. The number of aliphatic hydroxyl groups is 1. The Balaban J connectivity index is 1.94. The maximum Gasteiger partial charge on any atom is 0.138 e. The van der Waals surface area contributed by atoms with Crippen LogP contribution in [0.1, 0.15) is 18.2 Å². The molecule has 4 nitrogen and oxygen atoms in total. The molecule has 0 saturated heterocycles. The van der Waals surface area contributed by atoms with Gasteiger partial charge >= 0.3 is 0 Å². The summed E-state index contributed by atoms with van der Waals surface area (Å²) in [6, 6.07) is 19.9. The fraction of sp³-hybridized carbons (Fsp3) is 0.250. The fourth-order valence-corrected chi connectivity index (χ4v) is 3.19. The molecule has 0 unspecified atom stereocenters. The second-order valence-electron chi connectivity index (χ2n) is 6.17. The molecule has 0 bridgehead atoms. The van der Waals surface area contributed by atoms with Gasteiger partial charge in [0, 0.05) is 24.3 Å². The quantitative estimate of drug-likeness (QED) is 0.719. The smallest absolute Gasteiger partial charge is 0.138 e. The second-order valence-corrected chi connectivity index (χ2v) is 6.53. The average molecular weight is 356 g/mol. The molecule has 2 aromatic carbocycles. The van der Waals surface area contributed by atoms with Gasteiger partial charge in [-0.15, -0.1) is 0 Å². The molecule has 1 aromatic heterocycles. The lowest BCUT2D eigenvalue weighted by atomic mass is 10.2. The van der Waals surface area contributed by atoms with Gasteiger partial charge in [-0.25, -0.2) is 4.68 Å². The first-order chi connectivity index (χ1) is 12.1. The van der Waals surface area contributed by atoms with E-state index in [4.69, 9.17) is 11.6 Å². The van der Waals surface area contributed by atoms with Crippen LogP contribution in [0.2, 0.25) is 5.15 Å². The SMILES string of the molecule is Cc1nn(-c2ccccc2)c(Cl)c1CN(C[C@@H](C)O)c1ccccc1. The molecule has 0 aliphatic rings. The van der Waals surface area contributed by atoms with Gasteiger partial charge in [0.2, 0.25) is 0 Å². The van der Waals surface area contributed by atoms with E-state index in [9.17, 15) is 5.11 Å². The summed E-state index contributed by atoms with van der Waals surface area (Å²) >= 11 is 6.64. The van der Waals surface area contributed by atoms with Gasteiger partial charge in [0.15, 0.2) is 0 Å². The molecule has 130 valence electrons. The van der Waals surface area contributed by atoms with Crippen LogP contribution >= 0.6 is 11.6 Å². The number of rotatable bonds is 6. The fourth-order valence-electron chi connectivity index (χ4n) is 2.86. The Morgan fingerprint density at radius 2 is 1.68 bits per heavy atom. The molecular weight excluding hydrogens is 334 g/mol. The predicted octanol–water partition coefficient (Wildman–Crippen LogP) is 4.22. The Morgan fingerprint density at radius 1 is 1.08 bits per heavy atom. The van der Waals surface area contributed by atoms with Crippen LogP contribution in [0.5, 0.6) is 0 Å². The Hall–Kier alpha value is -2.30. The van der Waals surface area contributed by atoms with E-state index in [0.717, 1.165) is 22.6 Å². The van der Waals surface area contributed by atoms with Gasteiger partial charge in [-0.2, -0.15) is 5.10 Å². The Bertz CT molecular complexity index is 816. The van der Waals surface area contributed by atoms with Crippen molar-refractivity contribution in [2.24, 2.45) is 0 Å². The number of benzene rings is 2. The van der Waals surface area contributed by atoms with Crippen molar-refractivity contribution in [1.29, 1.82) is 0 Å². The lowest BCUT2D eigenvalue weighted by Crippen LogP contribution is -2.30. The van der Waals surface area contributed by atoms with Gasteiger partial charge in [-0.1, -0.05) is 48.0 Å². The van der Waals surface area contributed by atoms with Crippen molar-refractivity contribution in [2.75, 3.05) is 11.4 Å². The summed E-state index contributed by atoms with van der Waals surface area (Å²) in [7, 11) is 0. The molecule has 0 radical (unpaired) electrons. The number of aryl methyl sites for hydroxylation is 1. The summed E-state index contributed by atoms with van der Waals surface area (Å²) in [6.07, 6.45) is -0.441. The molecule has 1 N–H and O–H groups in total. The number of hydrogen-bond acceptors (Lipinski definition) is 3. The van der Waals surface area contributed by atoms with E-state index in [0.29, 0.717) is 18.2 Å². The molecule has 0 fully saturated rings. The van der Waals surface area contributed by atoms with Crippen molar-refractivity contribution in [1.82, 2.24) is 9.78 Å². The highest BCUT2D eigenvalue weighted by atomic mass is 35.5. The predicted molar refractivity (Wildman–Crippen MR) is 102 cm³/mol. The highest BCUT2D eigenvalue weighted by Gasteiger charge is 2.19. The molecule has 0 amide bonds. The average Bonchev–Trinajstić information content (AvgIpc) is 2.90. The van der Waals surface area contributed by atoms with Crippen LogP contribution in [0.4, 0.5) is 5.69 Å². The van der Waals surface area contributed by atoms with Crippen LogP contribution in [0.3, 0.4) is 0 Å². The number of anilines is 1. The zero-order chi connectivity index (χ0) is 17.8. The lowest BCUT2D eigenvalue weighted by Gasteiger charge is -2.26. The third-order valence-electron chi connectivity index (χ3n) is 4.08. The summed E-state index contributed by atoms with van der Waals surface area (Å²) in [4.78, 5) is 2.12. The molecule has 3 rings (SSSR count). The number of aromatic nitrogens is 2.